The minimum absolute atomic E-state index is 0.0878. The maximum Gasteiger partial charge on any atom is 0.300 e. The lowest BCUT2D eigenvalue weighted by atomic mass is 9.94. The Balaban J connectivity index is 1.99. The van der Waals surface area contributed by atoms with Crippen molar-refractivity contribution in [2.75, 3.05) is 18.6 Å². The zero-order valence-corrected chi connectivity index (χ0v) is 20.0. The summed E-state index contributed by atoms with van der Waals surface area (Å²) in [6.45, 7) is 6.01. The molecule has 1 atom stereocenters. The summed E-state index contributed by atoms with van der Waals surface area (Å²) in [7, 11) is 1.52. The van der Waals surface area contributed by atoms with E-state index < -0.39 is 23.5 Å². The van der Waals surface area contributed by atoms with Crippen molar-refractivity contribution in [2.24, 2.45) is 0 Å². The number of aliphatic hydroxyl groups excluding tert-OH is 1. The van der Waals surface area contributed by atoms with Crippen molar-refractivity contribution in [1.29, 1.82) is 0 Å². The Morgan fingerprint density at radius 2 is 1.74 bits per heavy atom. The van der Waals surface area contributed by atoms with Gasteiger partial charge in [-0.05, 0) is 79.9 Å². The number of benzene rings is 3. The fraction of sp³-hybridized carbons (Fsp3) is 0.214. The van der Waals surface area contributed by atoms with Crippen molar-refractivity contribution in [3.63, 3.8) is 0 Å². The molecule has 180 valence electrons. The molecule has 6 nitrogen and oxygen atoms in total. The zero-order chi connectivity index (χ0) is 25.3. The fourth-order valence-corrected chi connectivity index (χ4v) is 4.29. The largest absolute Gasteiger partial charge is 0.507 e. The van der Waals surface area contributed by atoms with E-state index in [4.69, 9.17) is 9.47 Å². The Morgan fingerprint density at radius 1 is 1.03 bits per heavy atom. The molecule has 0 aromatic heterocycles. The number of carbonyl (C=O) groups excluding carboxylic acids is 2. The quantitative estimate of drug-likeness (QED) is 0.290. The molecular weight excluding hydrogens is 449 g/mol. The second kappa shape index (κ2) is 9.62. The maximum atomic E-state index is 13.5. The fourth-order valence-electron chi connectivity index (χ4n) is 4.29. The van der Waals surface area contributed by atoms with Crippen molar-refractivity contribution in [2.45, 2.75) is 26.8 Å². The van der Waals surface area contributed by atoms with Crippen LogP contribution in [0.4, 0.5) is 10.1 Å². The van der Waals surface area contributed by atoms with Gasteiger partial charge in [-0.25, -0.2) is 4.39 Å². The Labute approximate surface area is 203 Å². The molecule has 1 aliphatic rings. The summed E-state index contributed by atoms with van der Waals surface area (Å²) in [4.78, 5) is 28.1. The van der Waals surface area contributed by atoms with E-state index in [9.17, 15) is 19.1 Å². The first kappa shape index (κ1) is 24.0. The van der Waals surface area contributed by atoms with Crippen LogP contribution in [0.5, 0.6) is 11.5 Å². The van der Waals surface area contributed by atoms with Crippen LogP contribution in [0.25, 0.3) is 5.76 Å². The summed E-state index contributed by atoms with van der Waals surface area (Å²) >= 11 is 0. The molecule has 0 aliphatic carbocycles. The van der Waals surface area contributed by atoms with Crippen LogP contribution in [0, 0.1) is 19.7 Å². The molecule has 1 amide bonds. The molecule has 0 bridgehead atoms. The summed E-state index contributed by atoms with van der Waals surface area (Å²) in [5.74, 6) is -1.51. The van der Waals surface area contributed by atoms with E-state index >= 15 is 0 Å². The highest BCUT2D eigenvalue weighted by atomic mass is 19.1. The number of aliphatic hydroxyl groups is 1. The Bertz CT molecular complexity index is 1330. The van der Waals surface area contributed by atoms with E-state index in [-0.39, 0.29) is 16.9 Å². The number of ether oxygens (including phenoxy) is 2. The van der Waals surface area contributed by atoms with Gasteiger partial charge < -0.3 is 14.6 Å². The first-order valence-corrected chi connectivity index (χ1v) is 11.2. The molecule has 1 unspecified atom stereocenters. The number of rotatable bonds is 6. The zero-order valence-electron chi connectivity index (χ0n) is 20.0. The van der Waals surface area contributed by atoms with Gasteiger partial charge in [0, 0.05) is 11.3 Å². The predicted molar refractivity (Wildman–Crippen MR) is 131 cm³/mol. The molecule has 1 saturated heterocycles. The third-order valence-electron chi connectivity index (χ3n) is 6.20. The van der Waals surface area contributed by atoms with E-state index in [1.54, 1.807) is 24.3 Å². The van der Waals surface area contributed by atoms with Crippen molar-refractivity contribution < 1.29 is 28.6 Å². The van der Waals surface area contributed by atoms with Crippen molar-refractivity contribution in [3.8, 4) is 11.5 Å². The van der Waals surface area contributed by atoms with Gasteiger partial charge in [0.1, 0.15) is 11.6 Å². The van der Waals surface area contributed by atoms with Crippen molar-refractivity contribution in [1.82, 2.24) is 0 Å². The topological polar surface area (TPSA) is 76.1 Å². The van der Waals surface area contributed by atoms with Crippen LogP contribution in [-0.2, 0) is 9.59 Å². The van der Waals surface area contributed by atoms with Crippen LogP contribution in [0.2, 0.25) is 0 Å². The van der Waals surface area contributed by atoms with Crippen LogP contribution in [-0.4, -0.2) is 30.5 Å². The minimum atomic E-state index is -0.939. The van der Waals surface area contributed by atoms with Gasteiger partial charge in [0.05, 0.1) is 25.3 Å². The van der Waals surface area contributed by atoms with Crippen LogP contribution in [0.15, 0.2) is 66.2 Å². The maximum absolute atomic E-state index is 13.5. The van der Waals surface area contributed by atoms with Crippen LogP contribution in [0.3, 0.4) is 0 Å². The van der Waals surface area contributed by atoms with Crippen molar-refractivity contribution >= 4 is 23.1 Å². The third-order valence-corrected chi connectivity index (χ3v) is 6.20. The van der Waals surface area contributed by atoms with Gasteiger partial charge in [-0.2, -0.15) is 0 Å². The van der Waals surface area contributed by atoms with E-state index in [2.05, 4.69) is 0 Å². The Morgan fingerprint density at radius 3 is 2.40 bits per heavy atom. The number of halogens is 1. The number of carbonyl (C=O) groups is 2. The molecule has 1 N–H and O–H groups in total. The van der Waals surface area contributed by atoms with Gasteiger partial charge in [0.2, 0.25) is 0 Å². The molecule has 1 fully saturated rings. The molecule has 1 aliphatic heterocycles. The lowest BCUT2D eigenvalue weighted by Crippen LogP contribution is -2.30. The van der Waals surface area contributed by atoms with Gasteiger partial charge in [0.15, 0.2) is 11.5 Å². The number of methoxy groups -OCH3 is 1. The van der Waals surface area contributed by atoms with Gasteiger partial charge in [-0.1, -0.05) is 18.2 Å². The molecular formula is C28H26FNO5. The van der Waals surface area contributed by atoms with Gasteiger partial charge in [-0.15, -0.1) is 0 Å². The first-order chi connectivity index (χ1) is 16.8. The number of aryl methyl sites for hydroxylation is 1. The van der Waals surface area contributed by atoms with Gasteiger partial charge in [0.25, 0.3) is 11.7 Å². The highest BCUT2D eigenvalue weighted by Gasteiger charge is 2.47. The molecule has 0 radical (unpaired) electrons. The van der Waals surface area contributed by atoms with Crippen LogP contribution in [0.1, 0.15) is 35.2 Å². The molecule has 3 aromatic rings. The average Bonchev–Trinajstić information content (AvgIpc) is 3.11. The molecule has 0 spiro atoms. The number of nitrogens with zero attached hydrogens (tertiary/aromatic N) is 1. The van der Waals surface area contributed by atoms with Crippen LogP contribution >= 0.6 is 0 Å². The Kier molecular flexibility index (Phi) is 6.60. The van der Waals surface area contributed by atoms with E-state index in [1.807, 2.05) is 32.9 Å². The number of Topliss-reactive ketones (excluding diaryl/α,β-unsaturated/α-hetero) is 1. The monoisotopic (exact) mass is 475 g/mol. The van der Waals surface area contributed by atoms with Crippen molar-refractivity contribution in [3.05, 3.63) is 94.3 Å². The summed E-state index contributed by atoms with van der Waals surface area (Å²) in [5, 5.41) is 11.2. The first-order valence-electron chi connectivity index (χ1n) is 11.2. The van der Waals surface area contributed by atoms with Gasteiger partial charge in [-0.3, -0.25) is 14.5 Å². The predicted octanol–water partition coefficient (Wildman–Crippen LogP) is 5.48. The number of amides is 1. The minimum Gasteiger partial charge on any atom is -0.507 e. The molecule has 35 heavy (non-hydrogen) atoms. The number of anilines is 1. The average molecular weight is 476 g/mol. The van der Waals surface area contributed by atoms with E-state index in [0.717, 1.165) is 11.1 Å². The lowest BCUT2D eigenvalue weighted by Gasteiger charge is -2.28. The highest BCUT2D eigenvalue weighted by molar-refractivity contribution is 6.51. The highest BCUT2D eigenvalue weighted by Crippen LogP contribution is 2.45. The van der Waals surface area contributed by atoms with Gasteiger partial charge >= 0.3 is 0 Å². The molecule has 4 rings (SSSR count). The third kappa shape index (κ3) is 4.25. The second-order valence-electron chi connectivity index (χ2n) is 8.24. The number of hydrogen-bond acceptors (Lipinski definition) is 5. The summed E-state index contributed by atoms with van der Waals surface area (Å²) in [5.41, 5.74) is 3.04. The standard InChI is InChI=1S/C28H26FNO5/c1-5-35-23-15-19(11-14-22(23)34-4)25-24(26(31)18-9-12-20(29)13-10-18)27(32)28(33)30(25)21-8-6-7-16(2)17(21)3/h6-15,25,31H,5H2,1-4H3/b26-24+. The summed E-state index contributed by atoms with van der Waals surface area (Å²) in [6.07, 6.45) is 0. The SMILES string of the molecule is CCOc1cc(C2/C(=C(\O)c3ccc(F)cc3)C(=O)C(=O)N2c2cccc(C)c2C)ccc1OC. The van der Waals surface area contributed by atoms with E-state index in [1.165, 1.54) is 36.3 Å². The van der Waals surface area contributed by atoms with Crippen LogP contribution < -0.4 is 14.4 Å². The number of ketones is 1. The molecule has 3 aromatic carbocycles. The molecule has 0 saturated carbocycles. The van der Waals surface area contributed by atoms with E-state index in [0.29, 0.717) is 29.4 Å². The molecule has 1 heterocycles. The normalized spacial score (nSPS) is 17.1. The Hall–Kier alpha value is -4.13. The number of hydrogen-bond donors (Lipinski definition) is 1. The smallest absolute Gasteiger partial charge is 0.300 e. The summed E-state index contributed by atoms with van der Waals surface area (Å²) < 4.78 is 24.6. The molecule has 7 heteroatoms. The second-order valence-corrected chi connectivity index (χ2v) is 8.24. The summed E-state index contributed by atoms with van der Waals surface area (Å²) in [6, 6.07) is 14.8. The lowest BCUT2D eigenvalue weighted by molar-refractivity contribution is -0.132.